The van der Waals surface area contributed by atoms with E-state index in [2.05, 4.69) is 20.2 Å². The molecule has 2 aliphatic heterocycles. The number of carbonyl (C=O) groups excluding carboxylic acids is 1. The molecule has 1 aromatic heterocycles. The van der Waals surface area contributed by atoms with E-state index >= 15 is 0 Å². The number of Topliss-reactive ketones (excluding diaryl/α,β-unsaturated/α-hetero) is 1. The van der Waals surface area contributed by atoms with Crippen molar-refractivity contribution in [3.05, 3.63) is 35.5 Å². The van der Waals surface area contributed by atoms with Crippen LogP contribution >= 0.6 is 0 Å². The van der Waals surface area contributed by atoms with Gasteiger partial charge in [0.25, 0.3) is 0 Å². The average molecular weight is 354 g/mol. The summed E-state index contributed by atoms with van der Waals surface area (Å²) >= 11 is 0. The van der Waals surface area contributed by atoms with Crippen molar-refractivity contribution in [1.29, 1.82) is 0 Å². The van der Waals surface area contributed by atoms with Crippen LogP contribution in [-0.2, 0) is 0 Å². The molecule has 1 N–H and O–H groups in total. The Labute approximate surface area is 152 Å². The van der Waals surface area contributed by atoms with Gasteiger partial charge < -0.3 is 19.7 Å². The van der Waals surface area contributed by atoms with Crippen molar-refractivity contribution in [2.24, 2.45) is 5.92 Å². The third kappa shape index (κ3) is 3.16. The summed E-state index contributed by atoms with van der Waals surface area (Å²) in [7, 11) is 1.84. The van der Waals surface area contributed by atoms with E-state index in [0.29, 0.717) is 29.6 Å². The molecule has 0 bridgehead atoms. The van der Waals surface area contributed by atoms with Gasteiger partial charge in [-0.3, -0.25) is 4.79 Å². The molecule has 0 radical (unpaired) electrons. The highest BCUT2D eigenvalue weighted by Gasteiger charge is 2.29. The Bertz CT molecular complexity index is 840. The van der Waals surface area contributed by atoms with E-state index in [1.54, 1.807) is 12.1 Å². The molecule has 2 aromatic rings. The Morgan fingerprint density at radius 1 is 1.23 bits per heavy atom. The van der Waals surface area contributed by atoms with Crippen molar-refractivity contribution in [3.8, 4) is 11.5 Å². The van der Waals surface area contributed by atoms with Gasteiger partial charge in [0.05, 0.1) is 0 Å². The summed E-state index contributed by atoms with van der Waals surface area (Å²) in [6, 6.07) is 7.31. The van der Waals surface area contributed by atoms with Crippen molar-refractivity contribution in [3.63, 3.8) is 0 Å². The van der Waals surface area contributed by atoms with Crippen LogP contribution in [0.15, 0.2) is 24.3 Å². The zero-order valence-electron chi connectivity index (χ0n) is 15.0. The predicted molar refractivity (Wildman–Crippen MR) is 98.1 cm³/mol. The standard InChI is InChI=1S/C19H22N4O3/c1-12-8-17(20-2)22-19(21-12)23-7-3-4-14(10-23)18(24)13-5-6-15-16(9-13)26-11-25-15/h5-6,8-9,14H,3-4,7,10-11H2,1-2H3,(H,20,21,22). The number of piperidine rings is 1. The molecule has 1 fully saturated rings. The highest BCUT2D eigenvalue weighted by atomic mass is 16.7. The Balaban J connectivity index is 1.53. The highest BCUT2D eigenvalue weighted by molar-refractivity contribution is 5.99. The van der Waals surface area contributed by atoms with Crippen LogP contribution in [0.1, 0.15) is 28.9 Å². The number of benzene rings is 1. The van der Waals surface area contributed by atoms with Crippen LogP contribution in [0.5, 0.6) is 11.5 Å². The van der Waals surface area contributed by atoms with E-state index in [0.717, 1.165) is 30.9 Å². The van der Waals surface area contributed by atoms with Crippen molar-refractivity contribution in [2.45, 2.75) is 19.8 Å². The van der Waals surface area contributed by atoms with Crippen LogP contribution in [0.4, 0.5) is 11.8 Å². The smallest absolute Gasteiger partial charge is 0.231 e. The van der Waals surface area contributed by atoms with Gasteiger partial charge in [-0.2, -0.15) is 4.98 Å². The zero-order valence-corrected chi connectivity index (χ0v) is 15.0. The van der Waals surface area contributed by atoms with Crippen LogP contribution < -0.4 is 19.7 Å². The minimum Gasteiger partial charge on any atom is -0.454 e. The van der Waals surface area contributed by atoms with Crippen LogP contribution in [0.3, 0.4) is 0 Å². The molecule has 7 nitrogen and oxygen atoms in total. The predicted octanol–water partition coefficient (Wildman–Crippen LogP) is 2.65. The number of anilines is 2. The molecule has 1 atom stereocenters. The van der Waals surface area contributed by atoms with E-state index in [1.165, 1.54) is 0 Å². The van der Waals surface area contributed by atoms with Crippen molar-refractivity contribution < 1.29 is 14.3 Å². The van der Waals surface area contributed by atoms with E-state index in [4.69, 9.17) is 9.47 Å². The van der Waals surface area contributed by atoms with Gasteiger partial charge in [0.1, 0.15) is 5.82 Å². The van der Waals surface area contributed by atoms with E-state index < -0.39 is 0 Å². The summed E-state index contributed by atoms with van der Waals surface area (Å²) in [4.78, 5) is 24.2. The largest absolute Gasteiger partial charge is 0.454 e. The van der Waals surface area contributed by atoms with Gasteiger partial charge >= 0.3 is 0 Å². The van der Waals surface area contributed by atoms with Gasteiger partial charge in [0.15, 0.2) is 17.3 Å². The summed E-state index contributed by atoms with van der Waals surface area (Å²) < 4.78 is 10.7. The van der Waals surface area contributed by atoms with Crippen molar-refractivity contribution >= 4 is 17.5 Å². The second-order valence-electron chi connectivity index (χ2n) is 6.66. The Morgan fingerprint density at radius 3 is 2.92 bits per heavy atom. The lowest BCUT2D eigenvalue weighted by Gasteiger charge is -2.32. The topological polar surface area (TPSA) is 76.6 Å². The number of hydrogen-bond acceptors (Lipinski definition) is 7. The van der Waals surface area contributed by atoms with Gasteiger partial charge in [0, 0.05) is 43.4 Å². The van der Waals surface area contributed by atoms with Gasteiger partial charge in [-0.15, -0.1) is 0 Å². The summed E-state index contributed by atoms with van der Waals surface area (Å²) in [5, 5.41) is 3.06. The van der Waals surface area contributed by atoms with Crippen molar-refractivity contribution in [1.82, 2.24) is 9.97 Å². The number of fused-ring (bicyclic) bond motifs is 1. The highest BCUT2D eigenvalue weighted by Crippen LogP contribution is 2.34. The summed E-state index contributed by atoms with van der Waals surface area (Å²) in [6.45, 7) is 3.64. The number of ether oxygens (including phenoxy) is 2. The van der Waals surface area contributed by atoms with E-state index in [1.807, 2.05) is 26.1 Å². The van der Waals surface area contributed by atoms with E-state index in [9.17, 15) is 4.79 Å². The minimum absolute atomic E-state index is 0.0775. The zero-order chi connectivity index (χ0) is 18.1. The fourth-order valence-corrected chi connectivity index (χ4v) is 3.48. The Morgan fingerprint density at radius 2 is 2.08 bits per heavy atom. The van der Waals surface area contributed by atoms with Gasteiger partial charge in [0.2, 0.25) is 12.7 Å². The fourth-order valence-electron chi connectivity index (χ4n) is 3.48. The molecular formula is C19H22N4O3. The maximum absolute atomic E-state index is 13.0. The molecule has 4 rings (SSSR count). The number of rotatable bonds is 4. The maximum Gasteiger partial charge on any atom is 0.231 e. The molecule has 0 amide bonds. The second-order valence-corrected chi connectivity index (χ2v) is 6.66. The number of ketones is 1. The quantitative estimate of drug-likeness (QED) is 0.846. The molecule has 136 valence electrons. The average Bonchev–Trinajstić information content (AvgIpc) is 3.14. The number of carbonyl (C=O) groups is 1. The molecule has 0 spiro atoms. The number of aromatic nitrogens is 2. The number of hydrogen-bond donors (Lipinski definition) is 1. The first kappa shape index (κ1) is 16.6. The summed E-state index contributed by atoms with van der Waals surface area (Å²) in [5.41, 5.74) is 1.57. The molecule has 2 aliphatic rings. The number of aryl methyl sites for hydroxylation is 1. The lowest BCUT2D eigenvalue weighted by molar-refractivity contribution is 0.0906. The van der Waals surface area contributed by atoms with Gasteiger partial charge in [-0.05, 0) is 38.0 Å². The molecule has 26 heavy (non-hydrogen) atoms. The van der Waals surface area contributed by atoms with Crippen LogP contribution in [0, 0.1) is 12.8 Å². The summed E-state index contributed by atoms with van der Waals surface area (Å²) in [5.74, 6) is 2.86. The monoisotopic (exact) mass is 354 g/mol. The maximum atomic E-state index is 13.0. The van der Waals surface area contributed by atoms with E-state index in [-0.39, 0.29) is 18.5 Å². The first-order valence-electron chi connectivity index (χ1n) is 8.86. The number of nitrogens with zero attached hydrogens (tertiary/aromatic N) is 3. The van der Waals surface area contributed by atoms with Crippen LogP contribution in [-0.4, -0.2) is 42.7 Å². The van der Waals surface area contributed by atoms with Crippen LogP contribution in [0.2, 0.25) is 0 Å². The van der Waals surface area contributed by atoms with Crippen molar-refractivity contribution in [2.75, 3.05) is 37.1 Å². The summed E-state index contributed by atoms with van der Waals surface area (Å²) in [6.07, 6.45) is 1.81. The SMILES string of the molecule is CNc1cc(C)nc(N2CCCC(C(=O)c3ccc4c(c3)OCO4)C2)n1. The normalized spacial score (nSPS) is 18.7. The lowest BCUT2D eigenvalue weighted by Crippen LogP contribution is -2.39. The second kappa shape index (κ2) is 6.82. The Hall–Kier alpha value is -2.83. The molecule has 1 unspecified atom stereocenters. The van der Waals surface area contributed by atoms with Gasteiger partial charge in [-0.1, -0.05) is 0 Å². The third-order valence-corrected chi connectivity index (χ3v) is 4.83. The molecule has 1 saturated heterocycles. The number of nitrogens with one attached hydrogen (secondary N) is 1. The first-order chi connectivity index (χ1) is 12.6. The lowest BCUT2D eigenvalue weighted by atomic mass is 9.90. The third-order valence-electron chi connectivity index (χ3n) is 4.83. The molecular weight excluding hydrogens is 332 g/mol. The fraction of sp³-hybridized carbons (Fsp3) is 0.421. The molecule has 3 heterocycles. The van der Waals surface area contributed by atoms with Crippen LogP contribution in [0.25, 0.3) is 0 Å². The Kier molecular flexibility index (Phi) is 4.36. The molecule has 0 aliphatic carbocycles. The molecule has 7 heteroatoms. The minimum atomic E-state index is -0.0775. The van der Waals surface area contributed by atoms with Gasteiger partial charge in [-0.25, -0.2) is 4.98 Å². The first-order valence-corrected chi connectivity index (χ1v) is 8.86. The molecule has 1 aromatic carbocycles. The molecule has 0 saturated carbocycles.